The summed E-state index contributed by atoms with van der Waals surface area (Å²) in [7, 11) is 0. The van der Waals surface area contributed by atoms with Crippen molar-refractivity contribution in [2.45, 2.75) is 39.3 Å². The van der Waals surface area contributed by atoms with Crippen LogP contribution in [0.4, 0.5) is 0 Å². The number of hydrogen-bond donors (Lipinski definition) is 2. The molecule has 1 amide bonds. The van der Waals surface area contributed by atoms with Crippen LogP contribution >= 0.6 is 0 Å². The zero-order valence-electron chi connectivity index (χ0n) is 10.0. The molecule has 3 N–H and O–H groups in total. The molecular formula is C11H22N2O2. The maximum absolute atomic E-state index is 11.8. The number of β-amino-alcohol motifs (C(OH)–C–C–N with tert-alkyl or cyclic N) is 1. The highest BCUT2D eigenvalue weighted by Gasteiger charge is 2.46. The highest BCUT2D eigenvalue weighted by molar-refractivity contribution is 5.83. The molecule has 1 fully saturated rings. The molecule has 0 aromatic rings. The molecule has 1 rings (SSSR count). The van der Waals surface area contributed by atoms with E-state index in [1.165, 1.54) is 0 Å². The molecule has 0 aromatic carbocycles. The maximum atomic E-state index is 11.8. The molecule has 1 aliphatic rings. The van der Waals surface area contributed by atoms with Gasteiger partial charge in [0.2, 0.25) is 5.91 Å². The quantitative estimate of drug-likeness (QED) is 0.705. The second kappa shape index (κ2) is 4.10. The summed E-state index contributed by atoms with van der Waals surface area (Å²) in [6, 6.07) is -0.443. The van der Waals surface area contributed by atoms with Gasteiger partial charge in [-0.3, -0.25) is 4.79 Å². The Balaban J connectivity index is 2.49. The second-order valence-corrected chi connectivity index (χ2v) is 5.22. The lowest BCUT2D eigenvalue weighted by Gasteiger charge is -2.49. The lowest BCUT2D eigenvalue weighted by Crippen LogP contribution is -2.68. The van der Waals surface area contributed by atoms with Crippen LogP contribution in [-0.4, -0.2) is 40.6 Å². The molecule has 88 valence electrons. The Kier molecular flexibility index (Phi) is 3.41. The largest absolute Gasteiger partial charge is 0.386 e. The first kappa shape index (κ1) is 12.5. The van der Waals surface area contributed by atoms with Gasteiger partial charge in [-0.15, -0.1) is 0 Å². The summed E-state index contributed by atoms with van der Waals surface area (Å²) >= 11 is 0. The number of hydrogen-bond acceptors (Lipinski definition) is 3. The zero-order chi connectivity index (χ0) is 11.8. The molecule has 0 radical (unpaired) electrons. The molecular weight excluding hydrogens is 192 g/mol. The lowest BCUT2D eigenvalue weighted by molar-refractivity contribution is -0.165. The minimum atomic E-state index is -0.702. The Labute approximate surface area is 91.4 Å². The first-order chi connectivity index (χ1) is 6.78. The normalized spacial score (nSPS) is 21.7. The van der Waals surface area contributed by atoms with E-state index in [0.29, 0.717) is 13.1 Å². The van der Waals surface area contributed by atoms with Crippen molar-refractivity contribution in [3.05, 3.63) is 0 Å². The molecule has 0 aliphatic carbocycles. The predicted octanol–water partition coefficient (Wildman–Crippen LogP) is 0.199. The third kappa shape index (κ3) is 2.32. The molecule has 0 bridgehead atoms. The minimum Gasteiger partial charge on any atom is -0.386 e. The monoisotopic (exact) mass is 214 g/mol. The lowest BCUT2D eigenvalue weighted by atomic mass is 9.82. The Bertz CT molecular complexity index is 245. The van der Waals surface area contributed by atoms with Gasteiger partial charge in [-0.1, -0.05) is 27.7 Å². The van der Waals surface area contributed by atoms with Crippen LogP contribution in [0, 0.1) is 11.8 Å². The van der Waals surface area contributed by atoms with Gasteiger partial charge in [-0.05, 0) is 11.8 Å². The van der Waals surface area contributed by atoms with Gasteiger partial charge >= 0.3 is 0 Å². The molecule has 1 unspecified atom stereocenters. The van der Waals surface area contributed by atoms with Crippen molar-refractivity contribution in [3.8, 4) is 0 Å². The molecule has 4 heteroatoms. The molecule has 15 heavy (non-hydrogen) atoms. The summed E-state index contributed by atoms with van der Waals surface area (Å²) in [6.45, 7) is 8.62. The number of carbonyl (C=O) groups excluding carboxylic acids is 1. The summed E-state index contributed by atoms with van der Waals surface area (Å²) < 4.78 is 0. The van der Waals surface area contributed by atoms with Crippen LogP contribution in [0.3, 0.4) is 0 Å². The van der Waals surface area contributed by atoms with E-state index in [2.05, 4.69) is 0 Å². The summed E-state index contributed by atoms with van der Waals surface area (Å²) in [5, 5.41) is 9.99. The van der Waals surface area contributed by atoms with E-state index < -0.39 is 11.6 Å². The van der Waals surface area contributed by atoms with E-state index in [-0.39, 0.29) is 17.7 Å². The van der Waals surface area contributed by atoms with Crippen molar-refractivity contribution in [2.75, 3.05) is 13.1 Å². The van der Waals surface area contributed by atoms with E-state index >= 15 is 0 Å². The van der Waals surface area contributed by atoms with Crippen LogP contribution in [0.5, 0.6) is 0 Å². The topological polar surface area (TPSA) is 66.6 Å². The molecule has 0 aromatic heterocycles. The fraction of sp³-hybridized carbons (Fsp3) is 0.909. The van der Waals surface area contributed by atoms with Crippen molar-refractivity contribution in [3.63, 3.8) is 0 Å². The summed E-state index contributed by atoms with van der Waals surface area (Å²) in [6.07, 6.45) is 0. The molecule has 0 saturated carbocycles. The van der Waals surface area contributed by atoms with Gasteiger partial charge in [-0.2, -0.15) is 0 Å². The average molecular weight is 214 g/mol. The third-order valence-electron chi connectivity index (χ3n) is 3.32. The Hall–Kier alpha value is -0.610. The van der Waals surface area contributed by atoms with Crippen molar-refractivity contribution in [2.24, 2.45) is 17.6 Å². The van der Waals surface area contributed by atoms with Crippen molar-refractivity contribution < 1.29 is 9.90 Å². The molecule has 1 aliphatic heterocycles. The van der Waals surface area contributed by atoms with Gasteiger partial charge in [0.25, 0.3) is 0 Å². The summed E-state index contributed by atoms with van der Waals surface area (Å²) in [4.78, 5) is 13.4. The Morgan fingerprint density at radius 3 is 2.13 bits per heavy atom. The first-order valence-corrected chi connectivity index (χ1v) is 5.54. The van der Waals surface area contributed by atoms with Gasteiger partial charge in [0.05, 0.1) is 19.1 Å². The van der Waals surface area contributed by atoms with Gasteiger partial charge in [0.15, 0.2) is 0 Å². The molecule has 4 nitrogen and oxygen atoms in total. The maximum Gasteiger partial charge on any atom is 0.239 e. The van der Waals surface area contributed by atoms with E-state index in [4.69, 9.17) is 5.73 Å². The zero-order valence-corrected chi connectivity index (χ0v) is 10.0. The number of rotatable bonds is 3. The van der Waals surface area contributed by atoms with Crippen LogP contribution < -0.4 is 5.73 Å². The SMILES string of the molecule is CC(C)C(N)C(=O)N1CC(O)(C(C)C)C1. The fourth-order valence-electron chi connectivity index (χ4n) is 1.63. The predicted molar refractivity (Wildman–Crippen MR) is 59.2 cm³/mol. The molecule has 0 spiro atoms. The first-order valence-electron chi connectivity index (χ1n) is 5.54. The minimum absolute atomic E-state index is 0.0460. The number of aliphatic hydroxyl groups is 1. The number of nitrogens with zero attached hydrogens (tertiary/aromatic N) is 1. The van der Waals surface area contributed by atoms with E-state index in [0.717, 1.165) is 0 Å². The number of nitrogens with two attached hydrogens (primary N) is 1. The molecule has 1 heterocycles. The van der Waals surface area contributed by atoms with Gasteiger partial charge < -0.3 is 15.7 Å². The third-order valence-corrected chi connectivity index (χ3v) is 3.32. The smallest absolute Gasteiger partial charge is 0.239 e. The summed E-state index contributed by atoms with van der Waals surface area (Å²) in [5.74, 6) is 0.275. The molecule has 1 saturated heterocycles. The standard InChI is InChI=1S/C11H22N2O2/c1-7(2)9(12)10(14)13-5-11(15,6-13)8(3)4/h7-9,15H,5-6,12H2,1-4H3. The van der Waals surface area contributed by atoms with Gasteiger partial charge in [-0.25, -0.2) is 0 Å². The number of carbonyl (C=O) groups is 1. The van der Waals surface area contributed by atoms with E-state index in [1.807, 2.05) is 27.7 Å². The van der Waals surface area contributed by atoms with Gasteiger partial charge in [0.1, 0.15) is 5.60 Å². The summed E-state index contributed by atoms with van der Waals surface area (Å²) in [5.41, 5.74) is 5.06. The Morgan fingerprint density at radius 1 is 1.33 bits per heavy atom. The number of likely N-dealkylation sites (tertiary alicyclic amines) is 1. The van der Waals surface area contributed by atoms with Crippen LogP contribution in [0.25, 0.3) is 0 Å². The van der Waals surface area contributed by atoms with Crippen molar-refractivity contribution in [1.82, 2.24) is 4.90 Å². The van der Waals surface area contributed by atoms with Crippen LogP contribution in [-0.2, 0) is 4.79 Å². The van der Waals surface area contributed by atoms with Crippen LogP contribution in [0.1, 0.15) is 27.7 Å². The van der Waals surface area contributed by atoms with Crippen LogP contribution in [0.2, 0.25) is 0 Å². The Morgan fingerprint density at radius 2 is 1.80 bits per heavy atom. The van der Waals surface area contributed by atoms with E-state index in [9.17, 15) is 9.90 Å². The number of amides is 1. The van der Waals surface area contributed by atoms with Gasteiger partial charge in [0, 0.05) is 0 Å². The van der Waals surface area contributed by atoms with Crippen molar-refractivity contribution in [1.29, 1.82) is 0 Å². The second-order valence-electron chi connectivity index (χ2n) is 5.22. The highest BCUT2D eigenvalue weighted by atomic mass is 16.3. The highest BCUT2D eigenvalue weighted by Crippen LogP contribution is 2.29. The van der Waals surface area contributed by atoms with Crippen molar-refractivity contribution >= 4 is 5.91 Å². The van der Waals surface area contributed by atoms with Crippen LogP contribution in [0.15, 0.2) is 0 Å². The molecule has 1 atom stereocenters. The fourth-order valence-corrected chi connectivity index (χ4v) is 1.63. The average Bonchev–Trinajstić information content (AvgIpc) is 2.09. The van der Waals surface area contributed by atoms with E-state index in [1.54, 1.807) is 4.90 Å².